The number of nitrogens with two attached hydrogens (primary N) is 1. The Kier molecular flexibility index (Phi) is 12.5. The van der Waals surface area contributed by atoms with E-state index in [1.807, 2.05) is 20.1 Å². The smallest absolute Gasteiger partial charge is 0.326 e. The molecule has 12 nitrogen and oxygen atoms in total. The molecule has 1 aromatic heterocycles. The molecule has 1 rings (SSSR count). The third-order valence-electron chi connectivity index (χ3n) is 4.72. The summed E-state index contributed by atoms with van der Waals surface area (Å²) in [6, 6.07) is -4.46. The number of nitrogens with zero attached hydrogens (tertiary/aromatic N) is 1. The first kappa shape index (κ1) is 28.4. The number of carbonyl (C=O) groups excluding carboxylic acids is 3. The first-order chi connectivity index (χ1) is 15.6. The summed E-state index contributed by atoms with van der Waals surface area (Å²) in [6.07, 6.45) is 5.36. The number of thioether (sulfide) groups is 1. The van der Waals surface area contributed by atoms with Crippen LogP contribution in [0.25, 0.3) is 0 Å². The van der Waals surface area contributed by atoms with Crippen LogP contribution >= 0.6 is 11.8 Å². The van der Waals surface area contributed by atoms with Crippen LogP contribution in [0.2, 0.25) is 0 Å². The van der Waals surface area contributed by atoms with Crippen LogP contribution in [0, 0.1) is 5.92 Å². The monoisotopic (exact) mass is 486 g/mol. The predicted octanol–water partition coefficient (Wildman–Crippen LogP) is -1.39. The number of aromatic amines is 1. The van der Waals surface area contributed by atoms with Crippen molar-refractivity contribution in [1.29, 1.82) is 0 Å². The third-order valence-corrected chi connectivity index (χ3v) is 5.36. The van der Waals surface area contributed by atoms with Gasteiger partial charge in [0.1, 0.15) is 18.1 Å². The highest BCUT2D eigenvalue weighted by Gasteiger charge is 2.30. The van der Waals surface area contributed by atoms with Gasteiger partial charge in [-0.1, -0.05) is 13.8 Å². The van der Waals surface area contributed by atoms with Crippen LogP contribution in [-0.4, -0.2) is 86.7 Å². The number of rotatable bonds is 15. The van der Waals surface area contributed by atoms with Gasteiger partial charge in [0.15, 0.2) is 0 Å². The Balaban J connectivity index is 2.81. The van der Waals surface area contributed by atoms with Crippen molar-refractivity contribution in [1.82, 2.24) is 25.9 Å². The molecule has 33 heavy (non-hydrogen) atoms. The first-order valence-corrected chi connectivity index (χ1v) is 11.9. The average Bonchev–Trinajstić information content (AvgIpc) is 3.27. The molecule has 0 aromatic carbocycles. The summed E-state index contributed by atoms with van der Waals surface area (Å²) in [5, 5.41) is 26.3. The topological polar surface area (TPSA) is 200 Å². The zero-order chi connectivity index (χ0) is 25.0. The predicted molar refractivity (Wildman–Crippen MR) is 123 cm³/mol. The lowest BCUT2D eigenvalue weighted by Crippen LogP contribution is -2.58. The van der Waals surface area contributed by atoms with Crippen molar-refractivity contribution < 1.29 is 29.4 Å². The number of aromatic nitrogens is 2. The third kappa shape index (κ3) is 10.2. The number of nitrogens with one attached hydrogen (secondary N) is 4. The number of amides is 3. The van der Waals surface area contributed by atoms with E-state index in [2.05, 4.69) is 25.9 Å². The van der Waals surface area contributed by atoms with Gasteiger partial charge >= 0.3 is 5.97 Å². The molecule has 0 fully saturated rings. The van der Waals surface area contributed by atoms with Gasteiger partial charge in [-0.2, -0.15) is 11.8 Å². The molecule has 13 heteroatoms. The van der Waals surface area contributed by atoms with Crippen LogP contribution in [-0.2, 0) is 25.6 Å². The SMILES string of the molecule is CSCCC(N)C(=O)NC(CC(C)C)C(=O)NC(CO)C(=O)NC(Cc1cnc[nH]1)C(=O)O. The normalized spacial score (nSPS) is 14.7. The molecule has 8 N–H and O–H groups in total. The maximum absolute atomic E-state index is 12.8. The number of carbonyl (C=O) groups is 4. The number of carboxylic acid groups (broad SMARTS) is 1. The van der Waals surface area contributed by atoms with Crippen molar-refractivity contribution in [2.45, 2.75) is 57.3 Å². The van der Waals surface area contributed by atoms with Gasteiger partial charge in [0, 0.05) is 18.3 Å². The zero-order valence-electron chi connectivity index (χ0n) is 19.0. The molecule has 4 unspecified atom stereocenters. The molecule has 0 aliphatic carbocycles. The molecule has 0 aliphatic heterocycles. The zero-order valence-corrected chi connectivity index (χ0v) is 19.9. The molecule has 1 heterocycles. The molecule has 0 bridgehead atoms. The van der Waals surface area contributed by atoms with Gasteiger partial charge < -0.3 is 36.9 Å². The molecule has 1 aromatic rings. The lowest BCUT2D eigenvalue weighted by atomic mass is 10.0. The maximum atomic E-state index is 12.8. The molecule has 3 amide bonds. The number of carboxylic acids is 1. The minimum absolute atomic E-state index is 0.0377. The number of imidazole rings is 1. The number of hydrogen-bond donors (Lipinski definition) is 7. The van der Waals surface area contributed by atoms with Crippen molar-refractivity contribution in [3.05, 3.63) is 18.2 Å². The van der Waals surface area contributed by atoms with E-state index in [9.17, 15) is 29.4 Å². The van der Waals surface area contributed by atoms with Crippen LogP contribution in [0.1, 0.15) is 32.4 Å². The van der Waals surface area contributed by atoms with Crippen molar-refractivity contribution in [2.24, 2.45) is 11.7 Å². The fourth-order valence-corrected chi connectivity index (χ4v) is 3.40. The highest BCUT2D eigenvalue weighted by atomic mass is 32.2. The van der Waals surface area contributed by atoms with E-state index in [1.54, 1.807) is 11.8 Å². The first-order valence-electron chi connectivity index (χ1n) is 10.6. The summed E-state index contributed by atoms with van der Waals surface area (Å²) in [5.41, 5.74) is 6.36. The van der Waals surface area contributed by atoms with Crippen LogP contribution < -0.4 is 21.7 Å². The molecule has 0 saturated heterocycles. The Morgan fingerprint density at radius 2 is 1.70 bits per heavy atom. The van der Waals surface area contributed by atoms with Crippen LogP contribution in [0.15, 0.2) is 12.5 Å². The number of hydrogen-bond acceptors (Lipinski definition) is 8. The molecule has 0 saturated carbocycles. The van der Waals surface area contributed by atoms with E-state index in [1.165, 1.54) is 12.5 Å². The van der Waals surface area contributed by atoms with E-state index in [4.69, 9.17) is 5.73 Å². The van der Waals surface area contributed by atoms with Crippen LogP contribution in [0.4, 0.5) is 0 Å². The highest BCUT2D eigenvalue weighted by molar-refractivity contribution is 7.98. The Morgan fingerprint density at radius 3 is 2.21 bits per heavy atom. The van der Waals surface area contributed by atoms with Gasteiger partial charge in [-0.25, -0.2) is 9.78 Å². The Bertz CT molecular complexity index is 775. The highest BCUT2D eigenvalue weighted by Crippen LogP contribution is 2.07. The molecule has 186 valence electrons. The minimum Gasteiger partial charge on any atom is -0.480 e. The largest absolute Gasteiger partial charge is 0.480 e. The summed E-state index contributed by atoms with van der Waals surface area (Å²) in [4.78, 5) is 55.8. The summed E-state index contributed by atoms with van der Waals surface area (Å²) < 4.78 is 0. The Hall–Kier alpha value is -2.64. The number of H-pyrrole nitrogens is 1. The summed E-state index contributed by atoms with van der Waals surface area (Å²) in [5.74, 6) is -2.60. The van der Waals surface area contributed by atoms with E-state index in [0.29, 0.717) is 17.9 Å². The second-order valence-electron chi connectivity index (χ2n) is 8.00. The van der Waals surface area contributed by atoms with Gasteiger partial charge in [-0.15, -0.1) is 0 Å². The summed E-state index contributed by atoms with van der Waals surface area (Å²) in [6.45, 7) is 2.97. The van der Waals surface area contributed by atoms with Crippen molar-refractivity contribution in [3.8, 4) is 0 Å². The van der Waals surface area contributed by atoms with Crippen molar-refractivity contribution >= 4 is 35.5 Å². The lowest BCUT2D eigenvalue weighted by molar-refractivity contribution is -0.142. The average molecular weight is 487 g/mol. The van der Waals surface area contributed by atoms with E-state index in [-0.39, 0.29) is 18.8 Å². The van der Waals surface area contributed by atoms with Crippen molar-refractivity contribution in [2.75, 3.05) is 18.6 Å². The fourth-order valence-electron chi connectivity index (χ4n) is 2.91. The minimum atomic E-state index is -1.40. The van der Waals surface area contributed by atoms with Gasteiger partial charge in [0.05, 0.1) is 19.0 Å². The Labute approximate surface area is 196 Å². The van der Waals surface area contributed by atoms with E-state index < -0.39 is 54.5 Å². The van der Waals surface area contributed by atoms with Crippen molar-refractivity contribution in [3.63, 3.8) is 0 Å². The van der Waals surface area contributed by atoms with Gasteiger partial charge in [0.2, 0.25) is 17.7 Å². The molecule has 0 radical (unpaired) electrons. The fraction of sp³-hybridized carbons (Fsp3) is 0.650. The number of aliphatic hydroxyl groups is 1. The summed E-state index contributed by atoms with van der Waals surface area (Å²) in [7, 11) is 0. The second kappa shape index (κ2) is 14.5. The number of aliphatic hydroxyl groups excluding tert-OH is 1. The molecular formula is C20H34N6O6S. The quantitative estimate of drug-likeness (QED) is 0.156. The molecule has 4 atom stereocenters. The van der Waals surface area contributed by atoms with E-state index >= 15 is 0 Å². The summed E-state index contributed by atoms with van der Waals surface area (Å²) >= 11 is 1.55. The van der Waals surface area contributed by atoms with Gasteiger partial charge in [-0.3, -0.25) is 14.4 Å². The Morgan fingerprint density at radius 1 is 1.09 bits per heavy atom. The molecule has 0 spiro atoms. The number of aliphatic carboxylic acids is 1. The van der Waals surface area contributed by atoms with E-state index in [0.717, 1.165) is 0 Å². The van der Waals surface area contributed by atoms with Crippen LogP contribution in [0.3, 0.4) is 0 Å². The molecule has 0 aliphatic rings. The van der Waals surface area contributed by atoms with Gasteiger partial charge in [-0.05, 0) is 30.8 Å². The standard InChI is InChI=1S/C20H34N6O6S/c1-11(2)6-14(24-17(28)13(21)4-5-33-3)18(29)26-16(9-27)19(30)25-15(20(31)32)7-12-8-22-10-23-12/h8,10-11,13-16,27H,4-7,9,21H2,1-3H3,(H,22,23)(H,24,28)(H,25,30)(H,26,29)(H,31,32). The molecular weight excluding hydrogens is 452 g/mol. The second-order valence-corrected chi connectivity index (χ2v) is 8.99. The van der Waals surface area contributed by atoms with Gasteiger partial charge in [0.25, 0.3) is 0 Å². The lowest BCUT2D eigenvalue weighted by Gasteiger charge is -2.25. The maximum Gasteiger partial charge on any atom is 0.326 e. The van der Waals surface area contributed by atoms with Crippen LogP contribution in [0.5, 0.6) is 0 Å².